The maximum atomic E-state index is 12.6. The molecular weight excluding hydrogens is 318 g/mol. The number of carbonyl (C=O) groups is 2. The van der Waals surface area contributed by atoms with E-state index in [1.54, 1.807) is 4.90 Å². The van der Waals surface area contributed by atoms with Gasteiger partial charge in [-0.25, -0.2) is 0 Å². The Hall–Kier alpha value is -2.85. The number of likely N-dealkylation sites (tertiary alicyclic amines) is 1. The van der Waals surface area contributed by atoms with Crippen molar-refractivity contribution in [3.63, 3.8) is 0 Å². The Labute approximate surface area is 145 Å². The number of hydrogen-bond acceptors (Lipinski definition) is 4. The number of aromatic amines is 1. The van der Waals surface area contributed by atoms with Crippen LogP contribution in [0.2, 0.25) is 0 Å². The quantitative estimate of drug-likeness (QED) is 0.783. The molecule has 2 aromatic rings. The molecule has 1 aliphatic heterocycles. The number of carbonyl (C=O) groups excluding carboxylic acids is 2. The van der Waals surface area contributed by atoms with E-state index < -0.39 is 6.04 Å². The van der Waals surface area contributed by atoms with E-state index in [2.05, 4.69) is 16.4 Å². The molecule has 1 aromatic carbocycles. The van der Waals surface area contributed by atoms with E-state index in [0.29, 0.717) is 25.1 Å². The van der Waals surface area contributed by atoms with Gasteiger partial charge in [0.05, 0.1) is 12.1 Å². The van der Waals surface area contributed by atoms with Crippen LogP contribution in [0.4, 0.5) is 5.69 Å². The van der Waals surface area contributed by atoms with Gasteiger partial charge in [-0.05, 0) is 43.0 Å². The van der Waals surface area contributed by atoms with Crippen molar-refractivity contribution in [3.8, 4) is 6.07 Å². The molecule has 7 heteroatoms. The number of nitriles is 1. The summed E-state index contributed by atoms with van der Waals surface area (Å²) in [7, 11) is 0. The SMILES string of the molecule is CC(=O)Nc1ccc2[nH]cc(C[C@H](N)C(=O)N3CCC[C@@H]3C#N)c2c1. The number of aromatic nitrogens is 1. The van der Waals surface area contributed by atoms with Crippen molar-refractivity contribution in [2.45, 2.75) is 38.3 Å². The number of amides is 2. The average molecular weight is 339 g/mol. The number of nitrogens with one attached hydrogen (secondary N) is 2. The summed E-state index contributed by atoms with van der Waals surface area (Å²) in [6, 6.07) is 6.67. The Kier molecular flexibility index (Phi) is 4.72. The smallest absolute Gasteiger partial charge is 0.240 e. The van der Waals surface area contributed by atoms with E-state index >= 15 is 0 Å². The van der Waals surface area contributed by atoms with Gasteiger partial charge < -0.3 is 20.9 Å². The molecule has 1 aromatic heterocycles. The number of nitrogens with zero attached hydrogens (tertiary/aromatic N) is 2. The molecule has 0 unspecified atom stereocenters. The van der Waals surface area contributed by atoms with E-state index in [-0.39, 0.29) is 17.9 Å². The number of benzene rings is 1. The lowest BCUT2D eigenvalue weighted by molar-refractivity contribution is -0.132. The Balaban J connectivity index is 1.79. The predicted octanol–water partition coefficient (Wildman–Crippen LogP) is 1.51. The number of fused-ring (bicyclic) bond motifs is 1. The number of rotatable bonds is 4. The molecular formula is C18H21N5O2. The molecule has 0 spiro atoms. The van der Waals surface area contributed by atoms with Crippen molar-refractivity contribution in [1.29, 1.82) is 5.26 Å². The maximum absolute atomic E-state index is 12.6. The molecule has 4 N–H and O–H groups in total. The third kappa shape index (κ3) is 3.49. The molecule has 0 aliphatic carbocycles. The van der Waals surface area contributed by atoms with Gasteiger partial charge in [0.2, 0.25) is 11.8 Å². The van der Waals surface area contributed by atoms with Gasteiger partial charge >= 0.3 is 0 Å². The van der Waals surface area contributed by atoms with Crippen molar-refractivity contribution < 1.29 is 9.59 Å². The zero-order valence-corrected chi connectivity index (χ0v) is 14.1. The number of hydrogen-bond donors (Lipinski definition) is 3. The molecule has 7 nitrogen and oxygen atoms in total. The van der Waals surface area contributed by atoms with Gasteiger partial charge in [0.15, 0.2) is 0 Å². The first kappa shape index (κ1) is 17.0. The molecule has 130 valence electrons. The predicted molar refractivity (Wildman–Crippen MR) is 94.6 cm³/mol. The zero-order valence-electron chi connectivity index (χ0n) is 14.1. The summed E-state index contributed by atoms with van der Waals surface area (Å²) in [4.78, 5) is 28.5. The molecule has 2 heterocycles. The van der Waals surface area contributed by atoms with Gasteiger partial charge in [-0.2, -0.15) is 5.26 Å². The molecule has 2 amide bonds. The molecule has 0 radical (unpaired) electrons. The molecule has 25 heavy (non-hydrogen) atoms. The molecule has 0 saturated carbocycles. The number of anilines is 1. The van der Waals surface area contributed by atoms with Crippen molar-refractivity contribution in [2.24, 2.45) is 5.73 Å². The van der Waals surface area contributed by atoms with Gasteiger partial charge in [0, 0.05) is 36.3 Å². The highest BCUT2D eigenvalue weighted by molar-refractivity contribution is 5.94. The van der Waals surface area contributed by atoms with Crippen molar-refractivity contribution >= 4 is 28.4 Å². The minimum Gasteiger partial charge on any atom is -0.361 e. The van der Waals surface area contributed by atoms with Crippen LogP contribution in [0, 0.1) is 11.3 Å². The highest BCUT2D eigenvalue weighted by atomic mass is 16.2. The molecule has 0 bridgehead atoms. The second kappa shape index (κ2) is 6.95. The van der Waals surface area contributed by atoms with Gasteiger partial charge in [0.1, 0.15) is 6.04 Å². The first-order chi connectivity index (χ1) is 12.0. The van der Waals surface area contributed by atoms with E-state index in [0.717, 1.165) is 22.9 Å². The highest BCUT2D eigenvalue weighted by Crippen LogP contribution is 2.24. The Bertz CT molecular complexity index is 851. The summed E-state index contributed by atoms with van der Waals surface area (Å²) in [5.41, 5.74) is 8.66. The zero-order chi connectivity index (χ0) is 18.0. The van der Waals surface area contributed by atoms with Crippen molar-refractivity contribution in [2.75, 3.05) is 11.9 Å². The fourth-order valence-corrected chi connectivity index (χ4v) is 3.33. The number of H-pyrrole nitrogens is 1. The normalized spacial score (nSPS) is 18.1. The van der Waals surface area contributed by atoms with Crippen LogP contribution in [0.3, 0.4) is 0 Å². The van der Waals surface area contributed by atoms with Crippen LogP contribution in [0.5, 0.6) is 0 Å². The highest BCUT2D eigenvalue weighted by Gasteiger charge is 2.31. The van der Waals surface area contributed by atoms with Gasteiger partial charge in [-0.3, -0.25) is 9.59 Å². The third-order valence-electron chi connectivity index (χ3n) is 4.53. The van der Waals surface area contributed by atoms with E-state index in [9.17, 15) is 9.59 Å². The lowest BCUT2D eigenvalue weighted by Crippen LogP contribution is -2.46. The average Bonchev–Trinajstić information content (AvgIpc) is 3.20. The number of nitrogens with two attached hydrogens (primary N) is 1. The second-order valence-electron chi connectivity index (χ2n) is 6.38. The van der Waals surface area contributed by atoms with Crippen molar-refractivity contribution in [3.05, 3.63) is 30.0 Å². The molecule has 1 saturated heterocycles. The van der Waals surface area contributed by atoms with Crippen LogP contribution in [-0.4, -0.2) is 40.3 Å². The molecule has 2 atom stereocenters. The maximum Gasteiger partial charge on any atom is 0.240 e. The summed E-state index contributed by atoms with van der Waals surface area (Å²) in [5, 5.41) is 12.8. The summed E-state index contributed by atoms with van der Waals surface area (Å²) in [6.45, 7) is 2.05. The first-order valence-electron chi connectivity index (χ1n) is 8.33. The third-order valence-corrected chi connectivity index (χ3v) is 4.53. The van der Waals surface area contributed by atoms with Gasteiger partial charge in [-0.1, -0.05) is 0 Å². The summed E-state index contributed by atoms with van der Waals surface area (Å²) in [6.07, 6.45) is 3.75. The summed E-state index contributed by atoms with van der Waals surface area (Å²) < 4.78 is 0. The minimum absolute atomic E-state index is 0.139. The van der Waals surface area contributed by atoms with Crippen molar-refractivity contribution in [1.82, 2.24) is 9.88 Å². The van der Waals surface area contributed by atoms with E-state index in [4.69, 9.17) is 11.0 Å². The monoisotopic (exact) mass is 339 g/mol. The summed E-state index contributed by atoms with van der Waals surface area (Å²) in [5.74, 6) is -0.323. The summed E-state index contributed by atoms with van der Waals surface area (Å²) >= 11 is 0. The Morgan fingerprint density at radius 1 is 1.52 bits per heavy atom. The first-order valence-corrected chi connectivity index (χ1v) is 8.33. The lowest BCUT2D eigenvalue weighted by atomic mass is 10.0. The van der Waals surface area contributed by atoms with Crippen LogP contribution >= 0.6 is 0 Å². The topological polar surface area (TPSA) is 115 Å². The van der Waals surface area contributed by atoms with Crippen LogP contribution in [0.1, 0.15) is 25.3 Å². The van der Waals surface area contributed by atoms with Crippen LogP contribution < -0.4 is 11.1 Å². The second-order valence-corrected chi connectivity index (χ2v) is 6.38. The van der Waals surface area contributed by atoms with Crippen LogP contribution in [0.15, 0.2) is 24.4 Å². The van der Waals surface area contributed by atoms with E-state index in [1.807, 2.05) is 24.4 Å². The lowest BCUT2D eigenvalue weighted by Gasteiger charge is -2.23. The largest absolute Gasteiger partial charge is 0.361 e. The van der Waals surface area contributed by atoms with Gasteiger partial charge in [0.25, 0.3) is 0 Å². The van der Waals surface area contributed by atoms with Crippen LogP contribution in [-0.2, 0) is 16.0 Å². The Morgan fingerprint density at radius 3 is 3.04 bits per heavy atom. The van der Waals surface area contributed by atoms with E-state index in [1.165, 1.54) is 6.92 Å². The molecule has 1 aliphatic rings. The molecule has 1 fully saturated rings. The minimum atomic E-state index is -0.697. The molecule has 3 rings (SSSR count). The Morgan fingerprint density at radius 2 is 2.32 bits per heavy atom. The standard InChI is InChI=1S/C18H21N5O2/c1-11(24)22-13-4-5-17-15(8-13)12(10-21-17)7-16(20)18(25)23-6-2-3-14(23)9-19/h4-5,8,10,14,16,21H,2-3,6-7,20H2,1H3,(H,22,24)/t14-,16+/m1/s1. The fourth-order valence-electron chi connectivity index (χ4n) is 3.33. The van der Waals surface area contributed by atoms with Crippen LogP contribution in [0.25, 0.3) is 10.9 Å². The van der Waals surface area contributed by atoms with Gasteiger partial charge in [-0.15, -0.1) is 0 Å². The fraction of sp³-hybridized carbons (Fsp3) is 0.389.